The van der Waals surface area contributed by atoms with E-state index in [1.807, 2.05) is 9.47 Å². The molecule has 1 aromatic carbocycles. The predicted molar refractivity (Wildman–Crippen MR) is 133 cm³/mol. The number of thiophene rings is 1. The summed E-state index contributed by atoms with van der Waals surface area (Å²) in [6.07, 6.45) is 2.78. The Balaban J connectivity index is 1.55. The van der Waals surface area contributed by atoms with Crippen LogP contribution in [0.3, 0.4) is 0 Å². The first-order valence-corrected chi connectivity index (χ1v) is 13.3. The van der Waals surface area contributed by atoms with Gasteiger partial charge in [0.05, 0.1) is 24.6 Å². The minimum absolute atomic E-state index is 0.0349. The quantitative estimate of drug-likeness (QED) is 0.396. The van der Waals surface area contributed by atoms with E-state index in [0.29, 0.717) is 26.1 Å². The number of rotatable bonds is 5. The van der Waals surface area contributed by atoms with Gasteiger partial charge in [0, 0.05) is 30.7 Å². The van der Waals surface area contributed by atoms with Crippen molar-refractivity contribution < 1.29 is 9.53 Å². The van der Waals surface area contributed by atoms with Gasteiger partial charge >= 0.3 is 0 Å². The van der Waals surface area contributed by atoms with Crippen molar-refractivity contribution in [2.45, 2.75) is 70.1 Å². The summed E-state index contributed by atoms with van der Waals surface area (Å²) in [6.45, 7) is 8.36. The largest absolute Gasteiger partial charge is 0.376 e. The van der Waals surface area contributed by atoms with Gasteiger partial charge in [-0.05, 0) is 49.8 Å². The van der Waals surface area contributed by atoms with Crippen molar-refractivity contribution in [2.24, 2.45) is 0 Å². The van der Waals surface area contributed by atoms with Gasteiger partial charge in [0.2, 0.25) is 5.91 Å². The second-order valence-corrected chi connectivity index (χ2v) is 11.1. The molecule has 33 heavy (non-hydrogen) atoms. The topological polar surface area (TPSA) is 64.4 Å². The first-order chi connectivity index (χ1) is 15.9. The average molecular weight is 484 g/mol. The van der Waals surface area contributed by atoms with Crippen LogP contribution < -0.4 is 5.56 Å². The van der Waals surface area contributed by atoms with Crippen molar-refractivity contribution in [3.8, 4) is 0 Å². The van der Waals surface area contributed by atoms with Crippen LogP contribution in [0.5, 0.6) is 0 Å². The molecular weight excluding hydrogens is 454 g/mol. The molecule has 0 spiro atoms. The SMILES string of the molecule is CC(=O)N1CCc2c(sc3nc(SCc4cc(C)ccc4C)n(C[C@H]4CCCO4)c(=O)c23)C1. The summed E-state index contributed by atoms with van der Waals surface area (Å²) in [5.74, 6) is 0.840. The van der Waals surface area contributed by atoms with Crippen molar-refractivity contribution in [2.75, 3.05) is 13.2 Å². The van der Waals surface area contributed by atoms with E-state index in [0.717, 1.165) is 51.0 Å². The number of carbonyl (C=O) groups is 1. The maximum atomic E-state index is 13.8. The van der Waals surface area contributed by atoms with E-state index in [9.17, 15) is 9.59 Å². The van der Waals surface area contributed by atoms with Gasteiger partial charge in [0.15, 0.2) is 5.16 Å². The molecule has 3 aromatic rings. The third-order valence-electron chi connectivity index (χ3n) is 6.64. The number of aryl methyl sites for hydroxylation is 2. The Kier molecular flexibility index (Phi) is 6.33. The molecule has 4 heterocycles. The minimum atomic E-state index is 0.0349. The molecule has 2 aromatic heterocycles. The number of fused-ring (bicyclic) bond motifs is 3. The van der Waals surface area contributed by atoms with Crippen molar-refractivity contribution in [3.63, 3.8) is 0 Å². The first kappa shape index (κ1) is 22.6. The highest BCUT2D eigenvalue weighted by Gasteiger charge is 2.27. The van der Waals surface area contributed by atoms with Crippen LogP contribution in [0.1, 0.15) is 46.9 Å². The standard InChI is InChI=1S/C25H29N3O3S2/c1-15-6-7-16(2)18(11-15)14-32-25-26-23-22(24(30)28(25)12-19-5-4-10-31-19)20-8-9-27(17(3)29)13-21(20)33-23/h6-7,11,19H,4-5,8-10,12-14H2,1-3H3/t19-/m1/s1. The van der Waals surface area contributed by atoms with E-state index >= 15 is 0 Å². The molecule has 6 nitrogen and oxygen atoms in total. The van der Waals surface area contributed by atoms with Crippen LogP contribution in [-0.4, -0.2) is 39.6 Å². The predicted octanol–water partition coefficient (Wildman–Crippen LogP) is 4.45. The van der Waals surface area contributed by atoms with Crippen molar-refractivity contribution >= 4 is 39.2 Å². The summed E-state index contributed by atoms with van der Waals surface area (Å²) in [6, 6.07) is 6.49. The van der Waals surface area contributed by atoms with Gasteiger partial charge in [0.25, 0.3) is 5.56 Å². The van der Waals surface area contributed by atoms with E-state index < -0.39 is 0 Å². The molecule has 0 saturated carbocycles. The number of hydrogen-bond donors (Lipinski definition) is 0. The third kappa shape index (κ3) is 4.48. The van der Waals surface area contributed by atoms with Crippen LogP contribution in [0, 0.1) is 13.8 Å². The second-order valence-electron chi connectivity index (χ2n) is 9.04. The van der Waals surface area contributed by atoms with Gasteiger partial charge in [-0.25, -0.2) is 4.98 Å². The lowest BCUT2D eigenvalue weighted by molar-refractivity contribution is -0.129. The van der Waals surface area contributed by atoms with Crippen LogP contribution in [0.25, 0.3) is 10.2 Å². The second kappa shape index (κ2) is 9.24. The Morgan fingerprint density at radius 3 is 2.94 bits per heavy atom. The van der Waals surface area contributed by atoms with Crippen LogP contribution in [-0.2, 0) is 34.8 Å². The monoisotopic (exact) mass is 483 g/mol. The van der Waals surface area contributed by atoms with E-state index in [2.05, 4.69) is 32.0 Å². The van der Waals surface area contributed by atoms with Crippen LogP contribution in [0.4, 0.5) is 0 Å². The van der Waals surface area contributed by atoms with E-state index in [4.69, 9.17) is 9.72 Å². The van der Waals surface area contributed by atoms with E-state index in [1.165, 1.54) is 16.7 Å². The molecule has 174 valence electrons. The molecule has 1 atom stereocenters. The number of carbonyl (C=O) groups excluding carboxylic acids is 1. The molecule has 0 bridgehead atoms. The minimum Gasteiger partial charge on any atom is -0.376 e. The summed E-state index contributed by atoms with van der Waals surface area (Å²) < 4.78 is 7.72. The van der Waals surface area contributed by atoms with Gasteiger partial charge < -0.3 is 9.64 Å². The maximum Gasteiger partial charge on any atom is 0.263 e. The summed E-state index contributed by atoms with van der Waals surface area (Å²) in [4.78, 5) is 34.4. The lowest BCUT2D eigenvalue weighted by Gasteiger charge is -2.25. The number of hydrogen-bond acceptors (Lipinski definition) is 6. The molecule has 0 radical (unpaired) electrons. The van der Waals surface area contributed by atoms with Crippen molar-refractivity contribution in [1.29, 1.82) is 0 Å². The zero-order valence-electron chi connectivity index (χ0n) is 19.3. The molecule has 0 unspecified atom stereocenters. The number of amides is 1. The Morgan fingerprint density at radius 1 is 1.33 bits per heavy atom. The van der Waals surface area contributed by atoms with Gasteiger partial charge in [-0.3, -0.25) is 14.2 Å². The van der Waals surface area contributed by atoms with Crippen LogP contribution in [0.15, 0.2) is 28.2 Å². The molecule has 0 N–H and O–H groups in total. The molecule has 1 fully saturated rings. The molecule has 0 aliphatic carbocycles. The lowest BCUT2D eigenvalue weighted by Crippen LogP contribution is -2.34. The average Bonchev–Trinajstić information content (AvgIpc) is 3.43. The number of benzene rings is 1. The van der Waals surface area contributed by atoms with Crippen LogP contribution >= 0.6 is 23.1 Å². The van der Waals surface area contributed by atoms with E-state index in [1.54, 1.807) is 30.0 Å². The number of nitrogens with zero attached hydrogens (tertiary/aromatic N) is 3. The molecule has 2 aliphatic heterocycles. The molecule has 2 aliphatic rings. The van der Waals surface area contributed by atoms with E-state index in [-0.39, 0.29) is 17.6 Å². The Hall–Kier alpha value is -2.16. The summed E-state index contributed by atoms with van der Waals surface area (Å²) in [7, 11) is 0. The van der Waals surface area contributed by atoms with Gasteiger partial charge in [-0.1, -0.05) is 35.5 Å². The third-order valence-corrected chi connectivity index (χ3v) is 8.78. The number of aromatic nitrogens is 2. The van der Waals surface area contributed by atoms with Crippen molar-refractivity contribution in [1.82, 2.24) is 14.5 Å². The van der Waals surface area contributed by atoms with Crippen LogP contribution in [0.2, 0.25) is 0 Å². The zero-order chi connectivity index (χ0) is 23.1. The lowest BCUT2D eigenvalue weighted by atomic mass is 10.1. The highest BCUT2D eigenvalue weighted by molar-refractivity contribution is 7.98. The molecule has 5 rings (SSSR count). The number of thioether (sulfide) groups is 1. The van der Waals surface area contributed by atoms with Crippen molar-refractivity contribution in [3.05, 3.63) is 55.7 Å². The Bertz CT molecular complexity index is 1270. The summed E-state index contributed by atoms with van der Waals surface area (Å²) in [5, 5.41) is 1.50. The summed E-state index contributed by atoms with van der Waals surface area (Å²) in [5.41, 5.74) is 4.86. The fraction of sp³-hybridized carbons (Fsp3) is 0.480. The molecule has 1 amide bonds. The number of ether oxygens (including phenoxy) is 1. The zero-order valence-corrected chi connectivity index (χ0v) is 21.0. The Labute approximate surface area is 202 Å². The fourth-order valence-electron chi connectivity index (χ4n) is 4.69. The molecular formula is C25H29N3O3S2. The normalized spacial score (nSPS) is 18.2. The fourth-order valence-corrected chi connectivity index (χ4v) is 7.04. The molecule has 8 heteroatoms. The van der Waals surface area contributed by atoms with Gasteiger partial charge in [-0.2, -0.15) is 0 Å². The maximum absolute atomic E-state index is 13.8. The summed E-state index contributed by atoms with van der Waals surface area (Å²) >= 11 is 3.19. The Morgan fingerprint density at radius 2 is 2.18 bits per heavy atom. The molecule has 1 saturated heterocycles. The van der Waals surface area contributed by atoms with Gasteiger partial charge in [-0.15, -0.1) is 11.3 Å². The van der Waals surface area contributed by atoms with Gasteiger partial charge in [0.1, 0.15) is 4.83 Å². The first-order valence-electron chi connectivity index (χ1n) is 11.5. The highest BCUT2D eigenvalue weighted by atomic mass is 32.2. The highest BCUT2D eigenvalue weighted by Crippen LogP contribution is 2.34. The smallest absolute Gasteiger partial charge is 0.263 e.